The van der Waals surface area contributed by atoms with Gasteiger partial charge in [0.25, 0.3) is 0 Å². The molecule has 4 aromatic carbocycles. The number of esters is 1. The van der Waals surface area contributed by atoms with Gasteiger partial charge < -0.3 is 45.6 Å². The summed E-state index contributed by atoms with van der Waals surface area (Å²) in [5, 5.41) is 70.0. The van der Waals surface area contributed by atoms with Crippen molar-refractivity contribution in [3.8, 4) is 5.75 Å². The first-order valence-corrected chi connectivity index (χ1v) is 16.7. The van der Waals surface area contributed by atoms with Crippen LogP contribution in [0.3, 0.4) is 0 Å². The summed E-state index contributed by atoms with van der Waals surface area (Å²) in [4.78, 5) is 97.1. The van der Waals surface area contributed by atoms with Crippen LogP contribution >= 0.6 is 0 Å². The van der Waals surface area contributed by atoms with Gasteiger partial charge in [-0.2, -0.15) is 0 Å². The Balaban J connectivity index is 0.000000411. The van der Waals surface area contributed by atoms with Crippen molar-refractivity contribution in [2.75, 3.05) is 0 Å². The zero-order valence-corrected chi connectivity index (χ0v) is 31.6. The normalized spacial score (nSPS) is 9.51. The second kappa shape index (κ2) is 24.0. The van der Waals surface area contributed by atoms with Crippen molar-refractivity contribution < 1.29 is 88.7 Å². The van der Waals surface area contributed by atoms with Crippen molar-refractivity contribution in [1.29, 1.82) is 0 Å². The fourth-order valence-electron chi connectivity index (χ4n) is 4.51. The molecule has 0 saturated heterocycles. The lowest BCUT2D eigenvalue weighted by atomic mass is 10.0. The number of hydrogen-bond donors (Lipinski definition) is 8. The van der Waals surface area contributed by atoms with E-state index in [4.69, 9.17) is 45.6 Å². The Hall–Kier alpha value is -8.93. The average Bonchev–Trinajstić information content (AvgIpc) is 3.22. The van der Waals surface area contributed by atoms with Gasteiger partial charge in [0.05, 0.1) is 44.5 Å². The molecule has 0 atom stereocenters. The monoisotopic (exact) mass is 840 g/mol. The van der Waals surface area contributed by atoms with E-state index in [1.54, 1.807) is 6.08 Å². The highest BCUT2D eigenvalue weighted by atomic mass is 16.5. The van der Waals surface area contributed by atoms with E-state index in [0.717, 1.165) is 12.1 Å². The Morgan fingerprint density at radius 2 is 0.656 bits per heavy atom. The molecule has 4 aromatic rings. The molecule has 8 N–H and O–H groups in total. The number of hydrogen-bond acceptors (Lipinski definition) is 10. The van der Waals surface area contributed by atoms with Crippen molar-refractivity contribution in [2.24, 2.45) is 0 Å². The van der Waals surface area contributed by atoms with Crippen LogP contribution in [0.15, 0.2) is 105 Å². The molecule has 316 valence electrons. The Labute approximate surface area is 345 Å². The van der Waals surface area contributed by atoms with Crippen LogP contribution in [0, 0.1) is 0 Å². The van der Waals surface area contributed by atoms with Gasteiger partial charge in [0, 0.05) is 6.42 Å². The molecule has 0 aliphatic rings. The molecule has 0 aliphatic carbocycles. The molecular formula is C43H36O18. The van der Waals surface area contributed by atoms with Gasteiger partial charge in [0.2, 0.25) is 0 Å². The van der Waals surface area contributed by atoms with Crippen molar-refractivity contribution in [3.63, 3.8) is 0 Å². The summed E-state index contributed by atoms with van der Waals surface area (Å²) in [6, 6.07) is 15.4. The Morgan fingerprint density at radius 3 is 0.902 bits per heavy atom. The van der Waals surface area contributed by atoms with E-state index in [1.165, 1.54) is 78.9 Å². The second-order valence-electron chi connectivity index (χ2n) is 11.5. The highest BCUT2D eigenvalue weighted by molar-refractivity contribution is 6.04. The lowest BCUT2D eigenvalue weighted by Gasteiger charge is -2.06. The van der Waals surface area contributed by atoms with Crippen LogP contribution < -0.4 is 4.74 Å². The molecule has 18 nitrogen and oxygen atoms in total. The topological polar surface area (TPSA) is 325 Å². The van der Waals surface area contributed by atoms with Crippen molar-refractivity contribution in [1.82, 2.24) is 0 Å². The molecule has 0 heterocycles. The van der Waals surface area contributed by atoms with Crippen molar-refractivity contribution in [3.05, 3.63) is 166 Å². The lowest BCUT2D eigenvalue weighted by Crippen LogP contribution is -2.11. The predicted molar refractivity (Wildman–Crippen MR) is 217 cm³/mol. The zero-order valence-electron chi connectivity index (χ0n) is 31.6. The van der Waals surface area contributed by atoms with Gasteiger partial charge in [-0.15, -0.1) is 6.58 Å². The van der Waals surface area contributed by atoms with Gasteiger partial charge >= 0.3 is 53.7 Å². The van der Waals surface area contributed by atoms with E-state index in [2.05, 4.69) is 26.3 Å². The smallest absolute Gasteiger partial charge is 0.336 e. The summed E-state index contributed by atoms with van der Waals surface area (Å²) >= 11 is 0. The number of carbonyl (C=O) groups excluding carboxylic acids is 1. The minimum atomic E-state index is -1.40. The minimum Gasteiger partial charge on any atom is -0.478 e. The van der Waals surface area contributed by atoms with Crippen LogP contribution in [0.4, 0.5) is 0 Å². The number of allylic oxidation sites excluding steroid dienone is 1. The van der Waals surface area contributed by atoms with Crippen LogP contribution in [0.5, 0.6) is 5.75 Å². The van der Waals surface area contributed by atoms with E-state index in [-0.39, 0.29) is 51.1 Å². The summed E-state index contributed by atoms with van der Waals surface area (Å²) < 4.78 is 4.90. The number of benzene rings is 4. The van der Waals surface area contributed by atoms with Crippen molar-refractivity contribution >= 4 is 72.0 Å². The molecular weight excluding hydrogens is 804 g/mol. The second-order valence-corrected chi connectivity index (χ2v) is 11.5. The predicted octanol–water partition coefficient (Wildman–Crippen LogP) is 7.13. The van der Waals surface area contributed by atoms with Gasteiger partial charge in [0.15, 0.2) is 0 Å². The maximum atomic E-state index is 11.3. The number of carboxylic acids is 8. The van der Waals surface area contributed by atoms with E-state index in [0.29, 0.717) is 23.1 Å². The van der Waals surface area contributed by atoms with E-state index in [1.807, 2.05) is 0 Å². The first kappa shape index (κ1) is 50.1. The van der Waals surface area contributed by atoms with Crippen LogP contribution in [0.1, 0.15) is 112 Å². The van der Waals surface area contributed by atoms with Gasteiger partial charge in [-0.1, -0.05) is 62.2 Å². The van der Waals surface area contributed by atoms with E-state index in [9.17, 15) is 43.2 Å². The molecule has 0 fully saturated rings. The number of carboxylic acid groups (broad SMARTS) is 8. The van der Waals surface area contributed by atoms with Gasteiger partial charge in [0.1, 0.15) is 5.75 Å². The van der Waals surface area contributed by atoms with Gasteiger partial charge in [-0.3, -0.25) is 4.79 Å². The maximum absolute atomic E-state index is 11.3. The standard InChI is InChI=1S/C13H12O6.3C10H8O4/c1-2-3-4-11(14)19-8-5-6-9(12(15)16)10(7-8)13(17)18;3*1-2-6-3-4-7(9(11)12)8(5-6)10(13)14/h2,5-7H,1,3-4H2,(H,15,16)(H,17,18);3*2-5H,1H2,(H,11,12)(H,13,14). The summed E-state index contributed by atoms with van der Waals surface area (Å²) in [5.41, 5.74) is -0.402. The van der Waals surface area contributed by atoms with Gasteiger partial charge in [-0.25, -0.2) is 38.4 Å². The first-order chi connectivity index (χ1) is 28.6. The molecule has 0 bridgehead atoms. The summed E-state index contributed by atoms with van der Waals surface area (Å²) in [5.74, 6) is -10.8. The maximum Gasteiger partial charge on any atom is 0.336 e. The van der Waals surface area contributed by atoms with E-state index >= 15 is 0 Å². The SMILES string of the molecule is C=CCCC(=O)Oc1ccc(C(=O)O)c(C(=O)O)c1.C=Cc1ccc(C(=O)O)c(C(=O)O)c1.C=Cc1ccc(C(=O)O)c(C(=O)O)c1.C=Cc1ccc(C(=O)O)c(C(=O)O)c1. The molecule has 0 saturated carbocycles. The Morgan fingerprint density at radius 1 is 0.393 bits per heavy atom. The third kappa shape index (κ3) is 15.5. The van der Waals surface area contributed by atoms with Crippen LogP contribution in [-0.4, -0.2) is 94.6 Å². The molecule has 0 aromatic heterocycles. The number of carbonyl (C=O) groups is 9. The number of rotatable bonds is 15. The molecule has 0 unspecified atom stereocenters. The highest BCUT2D eigenvalue weighted by Gasteiger charge is 2.19. The molecule has 18 heteroatoms. The molecule has 0 spiro atoms. The summed E-state index contributed by atoms with van der Waals surface area (Å²) in [7, 11) is 0. The van der Waals surface area contributed by atoms with Crippen LogP contribution in [0.25, 0.3) is 18.2 Å². The molecule has 0 aliphatic heterocycles. The molecule has 4 rings (SSSR count). The molecule has 0 amide bonds. The van der Waals surface area contributed by atoms with Crippen molar-refractivity contribution in [2.45, 2.75) is 12.8 Å². The lowest BCUT2D eigenvalue weighted by molar-refractivity contribution is -0.134. The highest BCUT2D eigenvalue weighted by Crippen LogP contribution is 2.20. The fraction of sp³-hybridized carbons (Fsp3) is 0.0465. The third-order valence-electron chi connectivity index (χ3n) is 7.46. The Kier molecular flexibility index (Phi) is 19.7. The van der Waals surface area contributed by atoms with E-state index < -0.39 is 59.3 Å². The molecule has 61 heavy (non-hydrogen) atoms. The first-order valence-electron chi connectivity index (χ1n) is 16.7. The average molecular weight is 841 g/mol. The minimum absolute atomic E-state index is 0.00328. The van der Waals surface area contributed by atoms with Crippen LogP contribution in [-0.2, 0) is 4.79 Å². The zero-order chi connectivity index (χ0) is 46.6. The number of aromatic carboxylic acids is 8. The largest absolute Gasteiger partial charge is 0.478 e. The molecule has 0 radical (unpaired) electrons. The third-order valence-corrected chi connectivity index (χ3v) is 7.46. The summed E-state index contributed by atoms with van der Waals surface area (Å²) in [6.07, 6.45) is 6.48. The number of ether oxygens (including phenoxy) is 1. The quantitative estimate of drug-likeness (QED) is 0.0335. The Bertz CT molecular complexity index is 2230. The van der Waals surface area contributed by atoms with Gasteiger partial charge in [-0.05, 0) is 77.7 Å². The summed E-state index contributed by atoms with van der Waals surface area (Å²) in [6.45, 7) is 13.9. The van der Waals surface area contributed by atoms with Crippen LogP contribution in [0.2, 0.25) is 0 Å². The fourth-order valence-corrected chi connectivity index (χ4v) is 4.51.